The van der Waals surface area contributed by atoms with Gasteiger partial charge in [-0.15, -0.1) is 0 Å². The number of benzene rings is 1. The number of anilines is 1. The standard InChI is InChI=1S/C13H19BrN2O3/c1-4-13(2,8-17)16-12(18)15-9-5-6-10(14)11(7-9)19-3/h5-7,17H,4,8H2,1-3H3,(H2,15,16,18). The summed E-state index contributed by atoms with van der Waals surface area (Å²) in [7, 11) is 1.56. The maximum atomic E-state index is 11.8. The van der Waals surface area contributed by atoms with E-state index in [-0.39, 0.29) is 12.6 Å². The number of carbonyl (C=O) groups excluding carboxylic acids is 1. The van der Waals surface area contributed by atoms with E-state index in [0.717, 1.165) is 4.47 Å². The van der Waals surface area contributed by atoms with Crippen LogP contribution in [0.2, 0.25) is 0 Å². The van der Waals surface area contributed by atoms with Crippen molar-refractivity contribution < 1.29 is 14.6 Å². The molecule has 1 rings (SSSR count). The van der Waals surface area contributed by atoms with E-state index >= 15 is 0 Å². The Morgan fingerprint density at radius 3 is 2.74 bits per heavy atom. The Hall–Kier alpha value is -1.27. The highest BCUT2D eigenvalue weighted by Gasteiger charge is 2.23. The third-order valence-electron chi connectivity index (χ3n) is 2.95. The molecule has 0 saturated heterocycles. The SMILES string of the molecule is CCC(C)(CO)NC(=O)Nc1ccc(Br)c(OC)c1. The van der Waals surface area contributed by atoms with Gasteiger partial charge in [-0.25, -0.2) is 4.79 Å². The van der Waals surface area contributed by atoms with Crippen molar-refractivity contribution in [3.05, 3.63) is 22.7 Å². The minimum atomic E-state index is -0.621. The number of ether oxygens (including phenoxy) is 1. The van der Waals surface area contributed by atoms with Crippen LogP contribution < -0.4 is 15.4 Å². The van der Waals surface area contributed by atoms with E-state index in [2.05, 4.69) is 26.6 Å². The molecule has 0 heterocycles. The summed E-state index contributed by atoms with van der Waals surface area (Å²) in [6.07, 6.45) is 0.639. The fourth-order valence-corrected chi connectivity index (χ4v) is 1.82. The molecule has 0 aliphatic rings. The summed E-state index contributed by atoms with van der Waals surface area (Å²) in [5.41, 5.74) is -0.00210. The van der Waals surface area contributed by atoms with E-state index in [1.807, 2.05) is 6.92 Å². The van der Waals surface area contributed by atoms with Crippen molar-refractivity contribution in [2.45, 2.75) is 25.8 Å². The van der Waals surface area contributed by atoms with Crippen LogP contribution in [0.1, 0.15) is 20.3 Å². The van der Waals surface area contributed by atoms with Crippen LogP contribution in [0.4, 0.5) is 10.5 Å². The Bertz CT molecular complexity index is 448. The summed E-state index contributed by atoms with van der Waals surface area (Å²) < 4.78 is 5.97. The van der Waals surface area contributed by atoms with E-state index in [0.29, 0.717) is 17.9 Å². The summed E-state index contributed by atoms with van der Waals surface area (Å²) in [6, 6.07) is 4.91. The molecule has 106 valence electrons. The van der Waals surface area contributed by atoms with E-state index in [1.165, 1.54) is 0 Å². The third kappa shape index (κ3) is 4.40. The number of aliphatic hydroxyl groups excluding tert-OH is 1. The molecule has 1 aromatic carbocycles. The minimum absolute atomic E-state index is 0.111. The molecule has 1 unspecified atom stereocenters. The second-order valence-corrected chi connectivity index (χ2v) is 5.36. The molecule has 0 radical (unpaired) electrons. The lowest BCUT2D eigenvalue weighted by atomic mass is 10.0. The van der Waals surface area contributed by atoms with E-state index < -0.39 is 5.54 Å². The Kier molecular flexibility index (Phi) is 5.62. The van der Waals surface area contributed by atoms with Gasteiger partial charge in [0.1, 0.15) is 5.75 Å². The number of carbonyl (C=O) groups is 1. The highest BCUT2D eigenvalue weighted by molar-refractivity contribution is 9.10. The lowest BCUT2D eigenvalue weighted by molar-refractivity contribution is 0.172. The van der Waals surface area contributed by atoms with Crippen molar-refractivity contribution in [1.29, 1.82) is 0 Å². The van der Waals surface area contributed by atoms with Gasteiger partial charge in [-0.3, -0.25) is 0 Å². The molecule has 0 aromatic heterocycles. The normalized spacial score (nSPS) is 13.5. The molecule has 0 spiro atoms. The number of aliphatic hydroxyl groups is 1. The molecular weight excluding hydrogens is 312 g/mol. The van der Waals surface area contributed by atoms with Crippen LogP contribution in [-0.4, -0.2) is 30.4 Å². The predicted octanol–water partition coefficient (Wildman–Crippen LogP) is 2.74. The largest absolute Gasteiger partial charge is 0.495 e. The van der Waals surface area contributed by atoms with Crippen molar-refractivity contribution >= 4 is 27.6 Å². The summed E-state index contributed by atoms with van der Waals surface area (Å²) in [5.74, 6) is 0.637. The lowest BCUT2D eigenvalue weighted by Crippen LogP contribution is -2.50. The molecule has 1 atom stereocenters. The minimum Gasteiger partial charge on any atom is -0.495 e. The predicted molar refractivity (Wildman–Crippen MR) is 78.6 cm³/mol. The van der Waals surface area contributed by atoms with Gasteiger partial charge in [-0.2, -0.15) is 0 Å². The van der Waals surface area contributed by atoms with Crippen molar-refractivity contribution in [2.24, 2.45) is 0 Å². The molecule has 3 N–H and O–H groups in total. The second kappa shape index (κ2) is 6.77. The molecule has 6 heteroatoms. The molecule has 2 amide bonds. The first kappa shape index (κ1) is 15.8. The fraction of sp³-hybridized carbons (Fsp3) is 0.462. The highest BCUT2D eigenvalue weighted by Crippen LogP contribution is 2.27. The molecule has 0 fully saturated rings. The zero-order chi connectivity index (χ0) is 14.5. The van der Waals surface area contributed by atoms with Crippen molar-refractivity contribution in [2.75, 3.05) is 19.0 Å². The van der Waals surface area contributed by atoms with Crippen molar-refractivity contribution in [1.82, 2.24) is 5.32 Å². The van der Waals surface area contributed by atoms with Crippen LogP contribution in [0.25, 0.3) is 0 Å². The molecule has 0 bridgehead atoms. The first-order valence-electron chi connectivity index (χ1n) is 5.97. The zero-order valence-electron chi connectivity index (χ0n) is 11.3. The number of methoxy groups -OCH3 is 1. The van der Waals surface area contributed by atoms with Crippen molar-refractivity contribution in [3.63, 3.8) is 0 Å². The van der Waals surface area contributed by atoms with Crippen LogP contribution in [0.5, 0.6) is 5.75 Å². The van der Waals surface area contributed by atoms with Crippen LogP contribution in [0, 0.1) is 0 Å². The maximum Gasteiger partial charge on any atom is 0.319 e. The summed E-state index contributed by atoms with van der Waals surface area (Å²) >= 11 is 3.34. The van der Waals surface area contributed by atoms with E-state index in [1.54, 1.807) is 32.2 Å². The first-order chi connectivity index (χ1) is 8.94. The van der Waals surface area contributed by atoms with Crippen LogP contribution in [0.15, 0.2) is 22.7 Å². The summed E-state index contributed by atoms with van der Waals surface area (Å²) in [5, 5.41) is 14.7. The van der Waals surface area contributed by atoms with E-state index in [4.69, 9.17) is 4.74 Å². The van der Waals surface area contributed by atoms with Gasteiger partial charge < -0.3 is 20.5 Å². The van der Waals surface area contributed by atoms with Crippen LogP contribution in [-0.2, 0) is 0 Å². The van der Waals surface area contributed by atoms with Gasteiger partial charge in [0.2, 0.25) is 0 Å². The van der Waals surface area contributed by atoms with Crippen molar-refractivity contribution in [3.8, 4) is 5.75 Å². The zero-order valence-corrected chi connectivity index (χ0v) is 12.9. The van der Waals surface area contributed by atoms with Crippen LogP contribution in [0.3, 0.4) is 0 Å². The molecule has 0 saturated carbocycles. The Balaban J connectivity index is 2.72. The number of halogens is 1. The number of rotatable bonds is 5. The van der Waals surface area contributed by atoms with Gasteiger partial charge in [-0.1, -0.05) is 6.92 Å². The topological polar surface area (TPSA) is 70.6 Å². The number of hydrogen-bond acceptors (Lipinski definition) is 3. The average Bonchev–Trinajstić information content (AvgIpc) is 2.40. The van der Waals surface area contributed by atoms with Gasteiger partial charge in [0.15, 0.2) is 0 Å². The Morgan fingerprint density at radius 2 is 2.21 bits per heavy atom. The van der Waals surface area contributed by atoms with Gasteiger partial charge in [0.25, 0.3) is 0 Å². The molecule has 0 aliphatic carbocycles. The second-order valence-electron chi connectivity index (χ2n) is 4.50. The number of urea groups is 1. The van der Waals surface area contributed by atoms with Gasteiger partial charge in [-0.05, 0) is 41.4 Å². The quantitative estimate of drug-likeness (QED) is 0.777. The molecule has 19 heavy (non-hydrogen) atoms. The number of nitrogens with one attached hydrogen (secondary N) is 2. The Labute approximate surface area is 121 Å². The van der Waals surface area contributed by atoms with Crippen LogP contribution >= 0.6 is 15.9 Å². The molecule has 5 nitrogen and oxygen atoms in total. The molecule has 1 aromatic rings. The fourth-order valence-electron chi connectivity index (χ4n) is 1.41. The highest BCUT2D eigenvalue weighted by atomic mass is 79.9. The number of hydrogen-bond donors (Lipinski definition) is 3. The van der Waals surface area contributed by atoms with Gasteiger partial charge >= 0.3 is 6.03 Å². The third-order valence-corrected chi connectivity index (χ3v) is 3.61. The average molecular weight is 331 g/mol. The first-order valence-corrected chi connectivity index (χ1v) is 6.77. The number of amides is 2. The lowest BCUT2D eigenvalue weighted by Gasteiger charge is -2.27. The molecule has 0 aliphatic heterocycles. The van der Waals surface area contributed by atoms with Gasteiger partial charge in [0.05, 0.1) is 23.7 Å². The monoisotopic (exact) mass is 330 g/mol. The Morgan fingerprint density at radius 1 is 1.53 bits per heavy atom. The van der Waals surface area contributed by atoms with E-state index in [9.17, 15) is 9.90 Å². The summed E-state index contributed by atoms with van der Waals surface area (Å²) in [6.45, 7) is 3.58. The maximum absolute atomic E-state index is 11.8. The van der Waals surface area contributed by atoms with Gasteiger partial charge in [0, 0.05) is 11.8 Å². The molecular formula is C13H19BrN2O3. The summed E-state index contributed by atoms with van der Waals surface area (Å²) in [4.78, 5) is 11.8. The smallest absolute Gasteiger partial charge is 0.319 e.